The molecule has 0 radical (unpaired) electrons. The third kappa shape index (κ3) is 5.51. The van der Waals surface area contributed by atoms with Crippen molar-refractivity contribution in [2.75, 3.05) is 5.32 Å². The van der Waals surface area contributed by atoms with Crippen molar-refractivity contribution >= 4 is 11.9 Å². The number of nitrogens with zero attached hydrogens (tertiary/aromatic N) is 6. The molecule has 9 nitrogen and oxygen atoms in total. The predicted octanol–water partition coefficient (Wildman–Crippen LogP) is 7.46. The fourth-order valence-corrected chi connectivity index (χ4v) is 7.44. The molecule has 0 fully saturated rings. The second-order valence-corrected chi connectivity index (χ2v) is 13.1. The lowest BCUT2D eigenvalue weighted by Crippen LogP contribution is -2.39. The Morgan fingerprint density at radius 1 is 0.712 bits per heavy atom. The van der Waals surface area contributed by atoms with Gasteiger partial charge in [-0.25, -0.2) is 9.67 Å². The number of anilines is 1. The molecule has 5 aromatic carbocycles. The standard InChI is InChI=1S/C43H37N7O2/c1-3-15-38-37(41(52)49-29(2)40(51)45-42(49)44-38)28-30-24-26-31(27-25-30)35-22-13-14-23-36(35)39-46-47-48-50(39)43(32-16-7-4-8-17-32,33-18-9-5-10-19-33)34-20-11-6-12-21-34/h4-14,16-27,29H,3,15,28H2,1-2H3,(H,44,45,51). The van der Waals surface area contributed by atoms with Crippen LogP contribution in [-0.2, 0) is 23.2 Å². The first-order valence-corrected chi connectivity index (χ1v) is 17.6. The van der Waals surface area contributed by atoms with Crippen molar-refractivity contribution in [3.05, 3.63) is 183 Å². The highest BCUT2D eigenvalue weighted by molar-refractivity contribution is 5.95. The molecular formula is C43H37N7O2. The molecule has 8 rings (SSSR count). The molecule has 0 aliphatic carbocycles. The van der Waals surface area contributed by atoms with Gasteiger partial charge in [0.2, 0.25) is 11.9 Å². The van der Waals surface area contributed by atoms with Crippen LogP contribution in [-0.4, -0.2) is 35.7 Å². The Bertz CT molecular complexity index is 2330. The number of hydrogen-bond donors (Lipinski definition) is 1. The van der Waals surface area contributed by atoms with Crippen LogP contribution in [0.5, 0.6) is 0 Å². The second kappa shape index (κ2) is 13.7. The van der Waals surface area contributed by atoms with Gasteiger partial charge in [0.15, 0.2) is 5.82 Å². The number of tetrazole rings is 1. The average molecular weight is 684 g/mol. The Labute approximate surface area is 301 Å². The van der Waals surface area contributed by atoms with Crippen LogP contribution < -0.4 is 10.9 Å². The molecule has 0 bridgehead atoms. The molecule has 1 amide bonds. The third-order valence-electron chi connectivity index (χ3n) is 9.96. The van der Waals surface area contributed by atoms with E-state index in [4.69, 9.17) is 15.3 Å². The van der Waals surface area contributed by atoms with Gasteiger partial charge in [-0.1, -0.05) is 153 Å². The molecule has 1 aliphatic rings. The van der Waals surface area contributed by atoms with E-state index in [2.05, 4.69) is 90.3 Å². The van der Waals surface area contributed by atoms with Crippen molar-refractivity contribution < 1.29 is 4.79 Å². The van der Waals surface area contributed by atoms with Gasteiger partial charge in [-0.3, -0.25) is 19.5 Å². The Morgan fingerprint density at radius 3 is 1.85 bits per heavy atom. The van der Waals surface area contributed by atoms with Crippen molar-refractivity contribution in [1.82, 2.24) is 29.8 Å². The van der Waals surface area contributed by atoms with Crippen LogP contribution in [0.15, 0.2) is 144 Å². The normalized spacial score (nSPS) is 13.9. The summed E-state index contributed by atoms with van der Waals surface area (Å²) in [5.74, 6) is 0.738. The first-order valence-electron chi connectivity index (χ1n) is 17.6. The smallest absolute Gasteiger partial charge is 0.259 e. The average Bonchev–Trinajstić information content (AvgIpc) is 3.79. The van der Waals surface area contributed by atoms with Gasteiger partial charge in [0.1, 0.15) is 11.6 Å². The van der Waals surface area contributed by atoms with E-state index in [1.165, 1.54) is 4.57 Å². The summed E-state index contributed by atoms with van der Waals surface area (Å²) in [6.07, 6.45) is 1.90. The third-order valence-corrected chi connectivity index (χ3v) is 9.96. The molecule has 7 aromatic rings. The molecule has 0 saturated heterocycles. The highest BCUT2D eigenvalue weighted by atomic mass is 16.2. The van der Waals surface area contributed by atoms with Crippen LogP contribution in [0, 0.1) is 0 Å². The minimum absolute atomic E-state index is 0.167. The number of aryl methyl sites for hydroxylation is 1. The maximum absolute atomic E-state index is 13.7. The molecule has 1 unspecified atom stereocenters. The fourth-order valence-electron chi connectivity index (χ4n) is 7.44. The number of nitrogens with one attached hydrogen (secondary N) is 1. The van der Waals surface area contributed by atoms with Crippen LogP contribution in [0.1, 0.15) is 59.8 Å². The molecular weight excluding hydrogens is 647 g/mol. The van der Waals surface area contributed by atoms with Gasteiger partial charge in [0, 0.05) is 17.5 Å². The van der Waals surface area contributed by atoms with Gasteiger partial charge in [0.05, 0.1) is 5.69 Å². The minimum Gasteiger partial charge on any atom is -0.294 e. The Morgan fingerprint density at radius 2 is 1.27 bits per heavy atom. The zero-order chi connectivity index (χ0) is 35.7. The SMILES string of the molecule is CCCc1nc2n(c(=O)c1Cc1ccc(-c3ccccc3-c3nnnn3C(c3ccccc3)(c3ccccc3)c3ccccc3)cc1)C(C)C(=O)N2. The van der Waals surface area contributed by atoms with E-state index in [0.29, 0.717) is 30.2 Å². The van der Waals surface area contributed by atoms with E-state index in [1.54, 1.807) is 6.92 Å². The lowest BCUT2D eigenvalue weighted by molar-refractivity contribution is -0.117. The van der Waals surface area contributed by atoms with Gasteiger partial charge in [0.25, 0.3) is 5.56 Å². The summed E-state index contributed by atoms with van der Waals surface area (Å²) in [6, 6.07) is 46.9. The summed E-state index contributed by atoms with van der Waals surface area (Å²) in [4.78, 5) is 30.8. The van der Waals surface area contributed by atoms with E-state index >= 15 is 0 Å². The molecule has 0 saturated carbocycles. The van der Waals surface area contributed by atoms with E-state index in [0.717, 1.165) is 51.1 Å². The molecule has 9 heteroatoms. The van der Waals surface area contributed by atoms with Crippen molar-refractivity contribution in [1.29, 1.82) is 0 Å². The topological polar surface area (TPSA) is 108 Å². The first-order chi connectivity index (χ1) is 25.5. The molecule has 1 aliphatic heterocycles. The van der Waals surface area contributed by atoms with Crippen molar-refractivity contribution in [2.24, 2.45) is 0 Å². The zero-order valence-electron chi connectivity index (χ0n) is 29.0. The molecule has 0 spiro atoms. The molecule has 1 N–H and O–H groups in total. The lowest BCUT2D eigenvalue weighted by atomic mass is 9.77. The van der Waals surface area contributed by atoms with Gasteiger partial charge >= 0.3 is 0 Å². The maximum atomic E-state index is 13.7. The lowest BCUT2D eigenvalue weighted by Gasteiger charge is -2.36. The number of rotatable bonds is 10. The Balaban J connectivity index is 1.23. The van der Waals surface area contributed by atoms with Crippen LogP contribution in [0.3, 0.4) is 0 Å². The van der Waals surface area contributed by atoms with E-state index in [-0.39, 0.29) is 11.5 Å². The molecule has 256 valence electrons. The number of carbonyl (C=O) groups excluding carboxylic acids is 1. The number of amides is 1. The summed E-state index contributed by atoms with van der Waals surface area (Å²) >= 11 is 0. The van der Waals surface area contributed by atoms with Gasteiger partial charge in [-0.2, -0.15) is 0 Å². The van der Waals surface area contributed by atoms with Crippen LogP contribution >= 0.6 is 0 Å². The number of fused-ring (bicyclic) bond motifs is 1. The molecule has 2 aromatic heterocycles. The summed E-state index contributed by atoms with van der Waals surface area (Å²) in [5.41, 5.74) is 7.19. The van der Waals surface area contributed by atoms with Gasteiger partial charge in [-0.15, -0.1) is 5.10 Å². The first kappa shape index (κ1) is 32.7. The summed E-state index contributed by atoms with van der Waals surface area (Å²) in [6.45, 7) is 3.79. The number of hydrogen-bond acceptors (Lipinski definition) is 6. The summed E-state index contributed by atoms with van der Waals surface area (Å²) in [7, 11) is 0. The van der Waals surface area contributed by atoms with Gasteiger partial charge in [-0.05, 0) is 57.2 Å². The second-order valence-electron chi connectivity index (χ2n) is 13.1. The largest absolute Gasteiger partial charge is 0.294 e. The maximum Gasteiger partial charge on any atom is 0.259 e. The number of benzene rings is 5. The molecule has 1 atom stereocenters. The predicted molar refractivity (Wildman–Crippen MR) is 202 cm³/mol. The van der Waals surface area contributed by atoms with E-state index in [9.17, 15) is 9.59 Å². The van der Waals surface area contributed by atoms with E-state index < -0.39 is 11.6 Å². The van der Waals surface area contributed by atoms with Crippen LogP contribution in [0.2, 0.25) is 0 Å². The van der Waals surface area contributed by atoms with Crippen molar-refractivity contribution in [3.8, 4) is 22.5 Å². The Kier molecular flexibility index (Phi) is 8.60. The zero-order valence-corrected chi connectivity index (χ0v) is 29.0. The minimum atomic E-state index is -0.884. The summed E-state index contributed by atoms with van der Waals surface area (Å²) < 4.78 is 3.43. The van der Waals surface area contributed by atoms with Crippen LogP contribution in [0.25, 0.3) is 22.5 Å². The molecule has 3 heterocycles. The van der Waals surface area contributed by atoms with Crippen LogP contribution in [0.4, 0.5) is 5.95 Å². The quantitative estimate of drug-likeness (QED) is 0.150. The Hall–Kier alpha value is -6.48. The number of aromatic nitrogens is 6. The van der Waals surface area contributed by atoms with Gasteiger partial charge < -0.3 is 0 Å². The number of carbonyl (C=O) groups is 1. The van der Waals surface area contributed by atoms with Crippen molar-refractivity contribution in [3.63, 3.8) is 0 Å². The fraction of sp³-hybridized carbons (Fsp3) is 0.163. The highest BCUT2D eigenvalue weighted by Gasteiger charge is 2.42. The van der Waals surface area contributed by atoms with E-state index in [1.807, 2.05) is 71.4 Å². The monoisotopic (exact) mass is 683 g/mol. The molecule has 52 heavy (non-hydrogen) atoms. The van der Waals surface area contributed by atoms with Crippen molar-refractivity contribution in [2.45, 2.75) is 44.7 Å². The summed E-state index contributed by atoms with van der Waals surface area (Å²) in [5, 5.41) is 16.5. The highest BCUT2D eigenvalue weighted by Crippen LogP contribution is 2.43.